The molecule has 1 N–H and O–H groups in total. The molecule has 0 radical (unpaired) electrons. The molecule has 144 valence electrons. The molecule has 0 saturated carbocycles. The number of carbonyl (C=O) groups excluding carboxylic acids is 2. The maximum Gasteiger partial charge on any atom is 0.329 e. The topological polar surface area (TPSA) is 58.6 Å². The average molecular weight is 417 g/mol. The van der Waals surface area contributed by atoms with Crippen molar-refractivity contribution in [2.24, 2.45) is 0 Å². The molecular formula is C21H18Cl2N2O3. The van der Waals surface area contributed by atoms with Gasteiger partial charge in [0.2, 0.25) is 0 Å². The molecule has 1 aliphatic heterocycles. The number of rotatable bonds is 6. The van der Waals surface area contributed by atoms with Crippen molar-refractivity contribution in [3.8, 4) is 5.75 Å². The van der Waals surface area contributed by atoms with Gasteiger partial charge in [-0.25, -0.2) is 4.79 Å². The summed E-state index contributed by atoms with van der Waals surface area (Å²) in [5, 5.41) is 3.15. The molecule has 2 aromatic carbocycles. The van der Waals surface area contributed by atoms with Crippen molar-refractivity contribution in [2.45, 2.75) is 13.5 Å². The predicted octanol–water partition coefficient (Wildman–Crippen LogP) is 4.96. The van der Waals surface area contributed by atoms with Crippen LogP contribution in [0.5, 0.6) is 5.75 Å². The molecule has 1 heterocycles. The van der Waals surface area contributed by atoms with Crippen molar-refractivity contribution in [1.82, 2.24) is 10.2 Å². The smallest absolute Gasteiger partial charge is 0.329 e. The zero-order valence-corrected chi connectivity index (χ0v) is 16.7. The summed E-state index contributed by atoms with van der Waals surface area (Å²) in [6.45, 7) is 6.01. The minimum atomic E-state index is -0.494. The number of hydrogen-bond acceptors (Lipinski definition) is 3. The van der Waals surface area contributed by atoms with Gasteiger partial charge in [0.15, 0.2) is 5.75 Å². The summed E-state index contributed by atoms with van der Waals surface area (Å²) in [6.07, 6.45) is 3.00. The van der Waals surface area contributed by atoms with Gasteiger partial charge >= 0.3 is 6.03 Å². The Balaban J connectivity index is 1.78. The van der Waals surface area contributed by atoms with E-state index < -0.39 is 11.9 Å². The number of amides is 3. The second-order valence-corrected chi connectivity index (χ2v) is 7.09. The average Bonchev–Trinajstić information content (AvgIpc) is 2.90. The molecule has 5 nitrogen and oxygen atoms in total. The molecule has 3 amide bonds. The van der Waals surface area contributed by atoms with Crippen LogP contribution in [0.3, 0.4) is 0 Å². The van der Waals surface area contributed by atoms with Gasteiger partial charge in [-0.05, 0) is 36.3 Å². The Kier molecular flexibility index (Phi) is 6.07. The fourth-order valence-electron chi connectivity index (χ4n) is 2.67. The maximum absolute atomic E-state index is 12.3. The number of benzene rings is 2. The fourth-order valence-corrected chi connectivity index (χ4v) is 3.29. The van der Waals surface area contributed by atoms with Gasteiger partial charge in [-0.3, -0.25) is 9.69 Å². The SMILES string of the molecule is C=CCN1C(=O)N/C(=C/c2cc(Cl)c(OCc3ccc(C)cc3)c(Cl)c2)C1=O. The number of aryl methyl sites for hydroxylation is 1. The lowest BCUT2D eigenvalue weighted by Gasteiger charge is -2.11. The Hall–Kier alpha value is -2.76. The van der Waals surface area contributed by atoms with Crippen LogP contribution in [0.25, 0.3) is 6.08 Å². The Morgan fingerprint density at radius 3 is 2.39 bits per heavy atom. The van der Waals surface area contributed by atoms with E-state index in [9.17, 15) is 9.59 Å². The highest BCUT2D eigenvalue weighted by Gasteiger charge is 2.32. The minimum Gasteiger partial charge on any atom is -0.486 e. The molecule has 7 heteroatoms. The summed E-state index contributed by atoms with van der Waals surface area (Å²) in [5.41, 5.74) is 2.87. The standard InChI is InChI=1S/C21H18Cl2N2O3/c1-3-8-25-20(26)18(24-21(25)27)11-15-9-16(22)19(17(23)10-15)28-12-14-6-4-13(2)5-7-14/h3-7,9-11H,1,8,12H2,2H3,(H,24,27)/b18-11+. The van der Waals surface area contributed by atoms with E-state index in [2.05, 4.69) is 11.9 Å². The molecule has 0 atom stereocenters. The molecule has 28 heavy (non-hydrogen) atoms. The summed E-state index contributed by atoms with van der Waals surface area (Å²) in [4.78, 5) is 25.2. The van der Waals surface area contributed by atoms with Crippen molar-refractivity contribution >= 4 is 41.2 Å². The van der Waals surface area contributed by atoms with E-state index in [1.807, 2.05) is 31.2 Å². The van der Waals surface area contributed by atoms with E-state index >= 15 is 0 Å². The van der Waals surface area contributed by atoms with Gasteiger partial charge in [0.05, 0.1) is 10.0 Å². The van der Waals surface area contributed by atoms with E-state index in [-0.39, 0.29) is 12.2 Å². The zero-order valence-electron chi connectivity index (χ0n) is 15.2. The lowest BCUT2D eigenvalue weighted by molar-refractivity contribution is -0.122. The highest BCUT2D eigenvalue weighted by atomic mass is 35.5. The van der Waals surface area contributed by atoms with Gasteiger partial charge in [-0.1, -0.05) is 59.1 Å². The second kappa shape index (κ2) is 8.50. The molecule has 3 rings (SSSR count). The van der Waals surface area contributed by atoms with Gasteiger partial charge in [-0.15, -0.1) is 6.58 Å². The van der Waals surface area contributed by atoms with Crippen molar-refractivity contribution in [3.63, 3.8) is 0 Å². The van der Waals surface area contributed by atoms with Crippen LogP contribution in [-0.2, 0) is 11.4 Å². The van der Waals surface area contributed by atoms with Gasteiger partial charge in [0.25, 0.3) is 5.91 Å². The summed E-state index contributed by atoms with van der Waals surface area (Å²) >= 11 is 12.6. The molecule has 2 aromatic rings. The molecule has 1 fully saturated rings. The van der Waals surface area contributed by atoms with Crippen LogP contribution in [0.2, 0.25) is 10.0 Å². The number of imide groups is 1. The third-order valence-electron chi connectivity index (χ3n) is 4.11. The number of urea groups is 1. The molecule has 0 unspecified atom stereocenters. The van der Waals surface area contributed by atoms with Crippen LogP contribution < -0.4 is 10.1 Å². The van der Waals surface area contributed by atoms with Crippen LogP contribution >= 0.6 is 23.2 Å². The quantitative estimate of drug-likeness (QED) is 0.411. The number of nitrogens with zero attached hydrogens (tertiary/aromatic N) is 1. The van der Waals surface area contributed by atoms with Crippen LogP contribution in [0.15, 0.2) is 54.8 Å². The van der Waals surface area contributed by atoms with Gasteiger partial charge in [0.1, 0.15) is 12.3 Å². The Morgan fingerprint density at radius 1 is 1.14 bits per heavy atom. The highest BCUT2D eigenvalue weighted by molar-refractivity contribution is 6.37. The first-order valence-corrected chi connectivity index (χ1v) is 9.27. The summed E-state index contributed by atoms with van der Waals surface area (Å²) in [7, 11) is 0. The first kappa shape index (κ1) is 20.0. The van der Waals surface area contributed by atoms with E-state index in [1.165, 1.54) is 12.2 Å². The van der Waals surface area contributed by atoms with E-state index in [0.717, 1.165) is 16.0 Å². The molecule has 1 saturated heterocycles. The maximum atomic E-state index is 12.3. The molecule has 0 aromatic heterocycles. The van der Waals surface area contributed by atoms with Crippen LogP contribution in [-0.4, -0.2) is 23.4 Å². The lowest BCUT2D eigenvalue weighted by Crippen LogP contribution is -2.30. The summed E-state index contributed by atoms with van der Waals surface area (Å²) in [5.74, 6) is -0.0713. The zero-order chi connectivity index (χ0) is 20.3. The molecule has 1 aliphatic rings. The molecule has 0 aliphatic carbocycles. The molecular weight excluding hydrogens is 399 g/mol. The number of halogens is 2. The summed E-state index contributed by atoms with van der Waals surface area (Å²) in [6, 6.07) is 10.7. The first-order valence-electron chi connectivity index (χ1n) is 8.52. The van der Waals surface area contributed by atoms with Crippen LogP contribution in [0, 0.1) is 6.92 Å². The van der Waals surface area contributed by atoms with Crippen molar-refractivity contribution in [3.05, 3.63) is 81.5 Å². The highest BCUT2D eigenvalue weighted by Crippen LogP contribution is 2.35. The lowest BCUT2D eigenvalue weighted by atomic mass is 10.1. The monoisotopic (exact) mass is 416 g/mol. The van der Waals surface area contributed by atoms with Crippen molar-refractivity contribution < 1.29 is 14.3 Å². The first-order chi connectivity index (χ1) is 13.4. The van der Waals surface area contributed by atoms with Gasteiger partial charge < -0.3 is 10.1 Å². The normalized spacial score (nSPS) is 15.1. The van der Waals surface area contributed by atoms with E-state index in [4.69, 9.17) is 27.9 Å². The Morgan fingerprint density at radius 2 is 1.79 bits per heavy atom. The fraction of sp³-hybridized carbons (Fsp3) is 0.143. The van der Waals surface area contributed by atoms with Gasteiger partial charge in [-0.2, -0.15) is 0 Å². The largest absolute Gasteiger partial charge is 0.486 e. The van der Waals surface area contributed by atoms with Crippen LogP contribution in [0.4, 0.5) is 4.79 Å². The van der Waals surface area contributed by atoms with Crippen LogP contribution in [0.1, 0.15) is 16.7 Å². The number of nitrogens with one attached hydrogen (secondary N) is 1. The van der Waals surface area contributed by atoms with Crippen molar-refractivity contribution in [1.29, 1.82) is 0 Å². The Bertz CT molecular complexity index is 945. The Labute approximate surface area is 173 Å². The third-order valence-corrected chi connectivity index (χ3v) is 4.67. The van der Waals surface area contributed by atoms with Gasteiger partial charge in [0, 0.05) is 6.54 Å². The summed E-state index contributed by atoms with van der Waals surface area (Å²) < 4.78 is 5.77. The third kappa shape index (κ3) is 4.38. The molecule has 0 bridgehead atoms. The number of carbonyl (C=O) groups is 2. The van der Waals surface area contributed by atoms with E-state index in [1.54, 1.807) is 12.1 Å². The van der Waals surface area contributed by atoms with Crippen molar-refractivity contribution in [2.75, 3.05) is 6.54 Å². The second-order valence-electron chi connectivity index (χ2n) is 6.28. The predicted molar refractivity (Wildman–Crippen MR) is 110 cm³/mol. The number of hydrogen-bond donors (Lipinski definition) is 1. The minimum absolute atomic E-state index is 0.134. The molecule has 0 spiro atoms. The number of ether oxygens (including phenoxy) is 1. The van der Waals surface area contributed by atoms with E-state index in [0.29, 0.717) is 28.0 Å².